The summed E-state index contributed by atoms with van der Waals surface area (Å²) in [6.45, 7) is 3.64. The Morgan fingerprint density at radius 1 is 1.43 bits per heavy atom. The SMILES string of the molecule is CC1(C)C(/C=C/S(C)(=O)=O)C1C(=O)O. The summed E-state index contributed by atoms with van der Waals surface area (Å²) in [7, 11) is -3.15. The van der Waals surface area contributed by atoms with Crippen molar-refractivity contribution >= 4 is 15.8 Å². The Balaban J connectivity index is 2.76. The van der Waals surface area contributed by atoms with Gasteiger partial charge in [0, 0.05) is 11.7 Å². The van der Waals surface area contributed by atoms with E-state index in [2.05, 4.69) is 0 Å². The molecule has 0 aliphatic heterocycles. The molecule has 2 unspecified atom stereocenters. The molecule has 4 nitrogen and oxygen atoms in total. The van der Waals surface area contributed by atoms with Gasteiger partial charge < -0.3 is 5.11 Å². The van der Waals surface area contributed by atoms with Crippen LogP contribution in [0, 0.1) is 17.3 Å². The zero-order valence-corrected chi connectivity index (χ0v) is 9.21. The Kier molecular flexibility index (Phi) is 2.48. The molecule has 0 amide bonds. The topological polar surface area (TPSA) is 71.4 Å². The molecule has 1 rings (SSSR count). The minimum Gasteiger partial charge on any atom is -0.481 e. The van der Waals surface area contributed by atoms with E-state index < -0.39 is 21.7 Å². The highest BCUT2D eigenvalue weighted by Gasteiger charge is 2.60. The zero-order valence-electron chi connectivity index (χ0n) is 8.39. The Hall–Kier alpha value is -0.840. The van der Waals surface area contributed by atoms with E-state index in [9.17, 15) is 13.2 Å². The minimum atomic E-state index is -3.15. The molecule has 1 N–H and O–H groups in total. The molecule has 0 spiro atoms. The van der Waals surface area contributed by atoms with Crippen LogP contribution in [0.5, 0.6) is 0 Å². The van der Waals surface area contributed by atoms with E-state index in [0.29, 0.717) is 0 Å². The number of rotatable bonds is 3. The van der Waals surface area contributed by atoms with Crippen molar-refractivity contribution in [1.29, 1.82) is 0 Å². The maximum atomic E-state index is 10.8. The standard InChI is InChI=1S/C9H14O4S/c1-9(2)6(7(9)8(10)11)4-5-14(3,12)13/h4-7H,1-3H3,(H,10,11)/b5-4+. The first-order chi connectivity index (χ1) is 6.16. The van der Waals surface area contributed by atoms with Crippen LogP contribution in [-0.2, 0) is 14.6 Å². The van der Waals surface area contributed by atoms with Gasteiger partial charge in [-0.15, -0.1) is 0 Å². The molecule has 1 saturated carbocycles. The Bertz CT molecular complexity index is 378. The molecule has 0 radical (unpaired) electrons. The van der Waals surface area contributed by atoms with Crippen LogP contribution >= 0.6 is 0 Å². The molecular weight excluding hydrogens is 204 g/mol. The van der Waals surface area contributed by atoms with Crippen LogP contribution in [0.25, 0.3) is 0 Å². The van der Waals surface area contributed by atoms with Crippen molar-refractivity contribution in [3.05, 3.63) is 11.5 Å². The fourth-order valence-electron chi connectivity index (χ4n) is 1.74. The highest BCUT2D eigenvalue weighted by molar-refractivity contribution is 7.93. The van der Waals surface area contributed by atoms with Gasteiger partial charge in [-0.1, -0.05) is 19.9 Å². The lowest BCUT2D eigenvalue weighted by atomic mass is 10.1. The van der Waals surface area contributed by atoms with Crippen LogP contribution in [-0.4, -0.2) is 25.7 Å². The summed E-state index contributed by atoms with van der Waals surface area (Å²) in [5.74, 6) is -1.49. The second-order valence-corrected chi connectivity index (χ2v) is 6.25. The van der Waals surface area contributed by atoms with Gasteiger partial charge in [-0.05, 0) is 11.3 Å². The fraction of sp³-hybridized carbons (Fsp3) is 0.667. The maximum Gasteiger partial charge on any atom is 0.307 e. The fourth-order valence-corrected chi connectivity index (χ4v) is 2.19. The van der Waals surface area contributed by atoms with Crippen LogP contribution in [0.4, 0.5) is 0 Å². The molecular formula is C9H14O4S. The second kappa shape index (κ2) is 3.08. The third kappa shape index (κ3) is 2.15. The van der Waals surface area contributed by atoms with E-state index in [4.69, 9.17) is 5.11 Å². The van der Waals surface area contributed by atoms with Crippen molar-refractivity contribution in [3.8, 4) is 0 Å². The zero-order chi connectivity index (χ0) is 11.1. The minimum absolute atomic E-state index is 0.172. The van der Waals surface area contributed by atoms with Gasteiger partial charge in [0.2, 0.25) is 0 Å². The molecule has 80 valence electrons. The first-order valence-corrected chi connectivity index (χ1v) is 6.23. The summed E-state index contributed by atoms with van der Waals surface area (Å²) in [6, 6.07) is 0. The number of carboxylic acids is 1. The van der Waals surface area contributed by atoms with Crippen LogP contribution < -0.4 is 0 Å². The number of carbonyl (C=O) groups is 1. The molecule has 0 bridgehead atoms. The lowest BCUT2D eigenvalue weighted by Gasteiger charge is -1.96. The van der Waals surface area contributed by atoms with E-state index in [0.717, 1.165) is 11.7 Å². The highest BCUT2D eigenvalue weighted by atomic mass is 32.2. The summed E-state index contributed by atoms with van der Waals surface area (Å²) in [4.78, 5) is 10.7. The quantitative estimate of drug-likeness (QED) is 0.764. The number of hydrogen-bond donors (Lipinski definition) is 1. The summed E-state index contributed by atoms with van der Waals surface area (Å²) < 4.78 is 21.6. The summed E-state index contributed by atoms with van der Waals surface area (Å²) in [5, 5.41) is 9.89. The molecule has 14 heavy (non-hydrogen) atoms. The normalized spacial score (nSPS) is 30.5. The van der Waals surface area contributed by atoms with Crippen molar-refractivity contribution in [2.75, 3.05) is 6.26 Å². The summed E-state index contributed by atoms with van der Waals surface area (Å²) in [5.41, 5.74) is -0.326. The van der Waals surface area contributed by atoms with Crippen molar-refractivity contribution < 1.29 is 18.3 Å². The van der Waals surface area contributed by atoms with E-state index in [1.54, 1.807) is 0 Å². The molecule has 2 atom stereocenters. The van der Waals surface area contributed by atoms with Gasteiger partial charge in [0.15, 0.2) is 9.84 Å². The molecule has 5 heteroatoms. The lowest BCUT2D eigenvalue weighted by Crippen LogP contribution is -2.03. The maximum absolute atomic E-state index is 10.8. The molecule has 1 aliphatic rings. The lowest BCUT2D eigenvalue weighted by molar-refractivity contribution is -0.139. The average Bonchev–Trinajstić information content (AvgIpc) is 2.47. The van der Waals surface area contributed by atoms with Gasteiger partial charge in [0.1, 0.15) is 0 Å². The van der Waals surface area contributed by atoms with Crippen LogP contribution in [0.2, 0.25) is 0 Å². The molecule has 0 saturated heterocycles. The van der Waals surface area contributed by atoms with Crippen molar-refractivity contribution in [2.45, 2.75) is 13.8 Å². The van der Waals surface area contributed by atoms with Gasteiger partial charge >= 0.3 is 5.97 Å². The van der Waals surface area contributed by atoms with Gasteiger partial charge in [-0.25, -0.2) is 8.42 Å². The van der Waals surface area contributed by atoms with E-state index in [1.807, 2.05) is 13.8 Å². The first kappa shape index (κ1) is 11.2. The van der Waals surface area contributed by atoms with Crippen molar-refractivity contribution in [3.63, 3.8) is 0 Å². The predicted molar refractivity (Wildman–Crippen MR) is 52.4 cm³/mol. The highest BCUT2D eigenvalue weighted by Crippen LogP contribution is 2.59. The van der Waals surface area contributed by atoms with Crippen molar-refractivity contribution in [1.82, 2.24) is 0 Å². The third-order valence-corrected chi connectivity index (χ3v) is 3.36. The molecule has 0 aromatic rings. The predicted octanol–water partition coefficient (Wildman–Crippen LogP) is 0.901. The Morgan fingerprint density at radius 3 is 2.21 bits per heavy atom. The Morgan fingerprint density at radius 2 is 1.93 bits per heavy atom. The van der Waals surface area contributed by atoms with Crippen LogP contribution in [0.15, 0.2) is 11.5 Å². The number of allylic oxidation sites excluding steroid dienone is 1. The van der Waals surface area contributed by atoms with Gasteiger partial charge in [0.25, 0.3) is 0 Å². The second-order valence-electron chi connectivity index (χ2n) is 4.32. The van der Waals surface area contributed by atoms with Gasteiger partial charge in [-0.3, -0.25) is 4.79 Å². The van der Waals surface area contributed by atoms with Gasteiger partial charge in [-0.2, -0.15) is 0 Å². The molecule has 0 aromatic carbocycles. The average molecular weight is 218 g/mol. The molecule has 1 fully saturated rings. The Labute approximate surface area is 83.5 Å². The van der Waals surface area contributed by atoms with E-state index >= 15 is 0 Å². The van der Waals surface area contributed by atoms with Crippen LogP contribution in [0.3, 0.4) is 0 Å². The third-order valence-electron chi connectivity index (χ3n) is 2.71. The first-order valence-electron chi connectivity index (χ1n) is 4.27. The molecule has 0 aromatic heterocycles. The van der Waals surface area contributed by atoms with E-state index in [-0.39, 0.29) is 11.3 Å². The van der Waals surface area contributed by atoms with E-state index in [1.165, 1.54) is 6.08 Å². The van der Waals surface area contributed by atoms with Crippen molar-refractivity contribution in [2.24, 2.45) is 17.3 Å². The number of hydrogen-bond acceptors (Lipinski definition) is 3. The molecule has 1 aliphatic carbocycles. The van der Waals surface area contributed by atoms with Crippen LogP contribution in [0.1, 0.15) is 13.8 Å². The number of aliphatic carboxylic acids is 1. The molecule has 0 heterocycles. The largest absolute Gasteiger partial charge is 0.481 e. The smallest absolute Gasteiger partial charge is 0.307 e. The van der Waals surface area contributed by atoms with Gasteiger partial charge in [0.05, 0.1) is 5.92 Å². The summed E-state index contributed by atoms with van der Waals surface area (Å²) >= 11 is 0. The summed E-state index contributed by atoms with van der Waals surface area (Å²) in [6.07, 6.45) is 2.57. The number of sulfone groups is 1. The monoisotopic (exact) mass is 218 g/mol. The number of carboxylic acid groups (broad SMARTS) is 1.